The molecule has 1 fully saturated rings. The summed E-state index contributed by atoms with van der Waals surface area (Å²) in [4.78, 5) is 36.1. The SMILES string of the molecule is O=C(NC1CC1)c1ccc(NC(=O)c2ccc(Cn3ccccc3=O)o2)cc1. The minimum Gasteiger partial charge on any atom is -0.454 e. The second kappa shape index (κ2) is 7.56. The van der Waals surface area contributed by atoms with Gasteiger partial charge in [0.15, 0.2) is 5.76 Å². The Balaban J connectivity index is 1.38. The van der Waals surface area contributed by atoms with Gasteiger partial charge in [0, 0.05) is 29.6 Å². The number of rotatable bonds is 6. The monoisotopic (exact) mass is 377 g/mol. The molecule has 0 aliphatic heterocycles. The van der Waals surface area contributed by atoms with E-state index in [4.69, 9.17) is 4.42 Å². The lowest BCUT2D eigenvalue weighted by molar-refractivity contribution is 0.0950. The van der Waals surface area contributed by atoms with Crippen LogP contribution in [0.15, 0.2) is 70.0 Å². The molecule has 2 amide bonds. The highest BCUT2D eigenvalue weighted by atomic mass is 16.4. The lowest BCUT2D eigenvalue weighted by atomic mass is 10.2. The number of hydrogen-bond donors (Lipinski definition) is 2. The van der Waals surface area contributed by atoms with Crippen molar-refractivity contribution in [1.29, 1.82) is 0 Å². The molecule has 1 aliphatic rings. The normalized spacial score (nSPS) is 13.1. The number of benzene rings is 1. The molecule has 0 atom stereocenters. The zero-order chi connectivity index (χ0) is 19.5. The first-order valence-corrected chi connectivity index (χ1v) is 9.05. The summed E-state index contributed by atoms with van der Waals surface area (Å²) in [6, 6.07) is 15.1. The maximum absolute atomic E-state index is 12.4. The summed E-state index contributed by atoms with van der Waals surface area (Å²) in [6.07, 6.45) is 3.72. The van der Waals surface area contributed by atoms with E-state index in [0.717, 1.165) is 12.8 Å². The molecule has 7 heteroatoms. The highest BCUT2D eigenvalue weighted by Gasteiger charge is 2.23. The second-order valence-electron chi connectivity index (χ2n) is 6.71. The Labute approximate surface area is 161 Å². The maximum Gasteiger partial charge on any atom is 0.291 e. The van der Waals surface area contributed by atoms with Crippen LogP contribution in [0.1, 0.15) is 39.5 Å². The lowest BCUT2D eigenvalue weighted by Crippen LogP contribution is -2.25. The number of nitrogens with one attached hydrogen (secondary N) is 2. The van der Waals surface area contributed by atoms with E-state index >= 15 is 0 Å². The summed E-state index contributed by atoms with van der Waals surface area (Å²) in [5.41, 5.74) is 0.972. The highest BCUT2D eigenvalue weighted by Crippen LogP contribution is 2.20. The number of pyridine rings is 1. The number of hydrogen-bond acceptors (Lipinski definition) is 4. The van der Waals surface area contributed by atoms with Crippen LogP contribution in [0.4, 0.5) is 5.69 Å². The predicted octanol–water partition coefficient (Wildman–Crippen LogP) is 2.63. The molecule has 7 nitrogen and oxygen atoms in total. The fourth-order valence-electron chi connectivity index (χ4n) is 2.74. The van der Waals surface area contributed by atoms with Gasteiger partial charge in [0.25, 0.3) is 17.4 Å². The predicted molar refractivity (Wildman–Crippen MR) is 103 cm³/mol. The second-order valence-corrected chi connectivity index (χ2v) is 6.71. The fourth-order valence-corrected chi connectivity index (χ4v) is 2.74. The summed E-state index contributed by atoms with van der Waals surface area (Å²) in [5.74, 6) is 0.147. The Morgan fingerprint density at radius 2 is 1.79 bits per heavy atom. The topological polar surface area (TPSA) is 93.3 Å². The van der Waals surface area contributed by atoms with E-state index < -0.39 is 5.91 Å². The van der Waals surface area contributed by atoms with Crippen LogP contribution in [0, 0.1) is 0 Å². The molecule has 28 heavy (non-hydrogen) atoms. The Hall–Kier alpha value is -3.61. The van der Waals surface area contributed by atoms with Gasteiger partial charge in [-0.15, -0.1) is 0 Å². The zero-order valence-electron chi connectivity index (χ0n) is 15.1. The van der Waals surface area contributed by atoms with Crippen LogP contribution in [-0.2, 0) is 6.54 Å². The van der Waals surface area contributed by atoms with Crippen molar-refractivity contribution in [3.8, 4) is 0 Å². The van der Waals surface area contributed by atoms with Crippen molar-refractivity contribution in [2.24, 2.45) is 0 Å². The van der Waals surface area contributed by atoms with Gasteiger partial charge in [-0.3, -0.25) is 14.4 Å². The molecule has 3 aromatic rings. The van der Waals surface area contributed by atoms with Crippen LogP contribution in [0.2, 0.25) is 0 Å². The van der Waals surface area contributed by atoms with Gasteiger partial charge in [0.1, 0.15) is 5.76 Å². The van der Waals surface area contributed by atoms with E-state index in [1.165, 1.54) is 10.6 Å². The Morgan fingerprint density at radius 1 is 1.00 bits per heavy atom. The van der Waals surface area contributed by atoms with Gasteiger partial charge in [0.05, 0.1) is 6.54 Å². The minimum absolute atomic E-state index is 0.104. The van der Waals surface area contributed by atoms with Crippen LogP contribution in [0.3, 0.4) is 0 Å². The molecular formula is C21H19N3O4. The molecule has 0 radical (unpaired) electrons. The van der Waals surface area contributed by atoms with Crippen LogP contribution < -0.4 is 16.2 Å². The number of aromatic nitrogens is 1. The van der Waals surface area contributed by atoms with Crippen molar-refractivity contribution in [3.63, 3.8) is 0 Å². The molecule has 2 aromatic heterocycles. The van der Waals surface area contributed by atoms with Crippen molar-refractivity contribution in [2.45, 2.75) is 25.4 Å². The van der Waals surface area contributed by atoms with Crippen molar-refractivity contribution >= 4 is 17.5 Å². The quantitative estimate of drug-likeness (QED) is 0.691. The van der Waals surface area contributed by atoms with E-state index in [1.807, 2.05) is 0 Å². The molecule has 0 spiro atoms. The molecule has 0 unspecified atom stereocenters. The highest BCUT2D eigenvalue weighted by molar-refractivity contribution is 6.02. The van der Waals surface area contributed by atoms with Gasteiger partial charge in [-0.05, 0) is 55.3 Å². The van der Waals surface area contributed by atoms with Crippen molar-refractivity contribution in [1.82, 2.24) is 9.88 Å². The Morgan fingerprint density at radius 3 is 2.50 bits per heavy atom. The molecule has 1 aliphatic carbocycles. The third-order valence-electron chi connectivity index (χ3n) is 4.43. The molecule has 2 heterocycles. The van der Waals surface area contributed by atoms with Crippen molar-refractivity contribution in [3.05, 3.63) is 88.2 Å². The van der Waals surface area contributed by atoms with Crippen LogP contribution >= 0.6 is 0 Å². The Kier molecular flexibility index (Phi) is 4.80. The zero-order valence-corrected chi connectivity index (χ0v) is 15.1. The first-order chi connectivity index (χ1) is 13.6. The number of nitrogens with zero attached hydrogens (tertiary/aromatic N) is 1. The standard InChI is InChI=1S/C21H19N3O4/c25-19-3-1-2-12-24(19)13-17-10-11-18(28-17)21(27)23-15-6-4-14(5-7-15)20(26)22-16-8-9-16/h1-7,10-12,16H,8-9,13H2,(H,22,26)(H,23,27). The fraction of sp³-hybridized carbons (Fsp3) is 0.190. The van der Waals surface area contributed by atoms with E-state index in [-0.39, 0.29) is 23.8 Å². The summed E-state index contributed by atoms with van der Waals surface area (Å²) < 4.78 is 7.05. The van der Waals surface area contributed by atoms with E-state index in [2.05, 4.69) is 10.6 Å². The minimum atomic E-state index is -0.401. The molecule has 2 N–H and O–H groups in total. The summed E-state index contributed by atoms with van der Waals surface area (Å²) in [7, 11) is 0. The third kappa shape index (κ3) is 4.20. The van der Waals surface area contributed by atoms with Crippen molar-refractivity contribution in [2.75, 3.05) is 5.32 Å². The van der Waals surface area contributed by atoms with Gasteiger partial charge in [-0.2, -0.15) is 0 Å². The average Bonchev–Trinajstić information content (AvgIpc) is 3.38. The summed E-state index contributed by atoms with van der Waals surface area (Å²) in [6.45, 7) is 0.248. The molecule has 0 saturated heterocycles. The molecule has 0 bridgehead atoms. The summed E-state index contributed by atoms with van der Waals surface area (Å²) in [5, 5.41) is 5.65. The first kappa shape index (κ1) is 17.8. The van der Waals surface area contributed by atoms with E-state index in [0.29, 0.717) is 23.1 Å². The molecule has 4 rings (SSSR count). The van der Waals surface area contributed by atoms with Gasteiger partial charge in [-0.25, -0.2) is 0 Å². The number of carbonyl (C=O) groups excluding carboxylic acids is 2. The molecular weight excluding hydrogens is 358 g/mol. The Bertz CT molecular complexity index is 1060. The first-order valence-electron chi connectivity index (χ1n) is 9.05. The van der Waals surface area contributed by atoms with Crippen molar-refractivity contribution < 1.29 is 14.0 Å². The number of anilines is 1. The largest absolute Gasteiger partial charge is 0.454 e. The number of furan rings is 1. The molecule has 142 valence electrons. The number of amides is 2. The van der Waals surface area contributed by atoms with Gasteiger partial charge in [-0.1, -0.05) is 6.07 Å². The smallest absolute Gasteiger partial charge is 0.291 e. The molecule has 1 aromatic carbocycles. The van der Waals surface area contributed by atoms with Gasteiger partial charge in [0.2, 0.25) is 0 Å². The summed E-state index contributed by atoms with van der Waals surface area (Å²) >= 11 is 0. The van der Waals surface area contributed by atoms with E-state index in [1.54, 1.807) is 54.7 Å². The van der Waals surface area contributed by atoms with Crippen LogP contribution in [-0.4, -0.2) is 22.4 Å². The maximum atomic E-state index is 12.4. The van der Waals surface area contributed by atoms with Crippen LogP contribution in [0.25, 0.3) is 0 Å². The molecule has 1 saturated carbocycles. The third-order valence-corrected chi connectivity index (χ3v) is 4.43. The van der Waals surface area contributed by atoms with E-state index in [9.17, 15) is 14.4 Å². The lowest BCUT2D eigenvalue weighted by Gasteiger charge is -2.06. The number of carbonyl (C=O) groups is 2. The van der Waals surface area contributed by atoms with Crippen LogP contribution in [0.5, 0.6) is 0 Å². The average molecular weight is 377 g/mol. The van der Waals surface area contributed by atoms with Gasteiger partial charge < -0.3 is 19.6 Å². The van der Waals surface area contributed by atoms with Gasteiger partial charge >= 0.3 is 0 Å².